The van der Waals surface area contributed by atoms with Crippen molar-refractivity contribution in [1.82, 2.24) is 5.43 Å². The third-order valence-electron chi connectivity index (χ3n) is 5.18. The first-order valence-electron chi connectivity index (χ1n) is 10.9. The summed E-state index contributed by atoms with van der Waals surface area (Å²) < 4.78 is 11.2. The Balaban J connectivity index is 1.62. The Hall–Kier alpha value is -4.45. The first-order chi connectivity index (χ1) is 16.6. The van der Waals surface area contributed by atoms with E-state index in [4.69, 9.17) is 9.47 Å². The number of esters is 1. The number of carbonyl (C=O) groups excluding carboxylic acids is 2. The van der Waals surface area contributed by atoms with Crippen molar-refractivity contribution in [3.63, 3.8) is 0 Å². The van der Waals surface area contributed by atoms with Gasteiger partial charge in [0.05, 0.1) is 23.9 Å². The summed E-state index contributed by atoms with van der Waals surface area (Å²) in [5.74, 6) is -0.0456. The number of para-hydroxylation sites is 1. The van der Waals surface area contributed by atoms with Gasteiger partial charge in [-0.25, -0.2) is 10.2 Å². The molecule has 170 valence electrons. The number of ether oxygens (including phenoxy) is 2. The van der Waals surface area contributed by atoms with Gasteiger partial charge < -0.3 is 9.47 Å². The Morgan fingerprint density at radius 1 is 0.912 bits per heavy atom. The molecule has 4 aromatic carbocycles. The van der Waals surface area contributed by atoms with E-state index in [1.807, 2.05) is 56.3 Å². The van der Waals surface area contributed by atoms with Crippen LogP contribution in [-0.4, -0.2) is 24.7 Å². The molecule has 1 amide bonds. The molecule has 6 nitrogen and oxygen atoms in total. The number of benzene rings is 4. The number of fused-ring (bicyclic) bond motifs is 1. The lowest BCUT2D eigenvalue weighted by Crippen LogP contribution is -2.19. The van der Waals surface area contributed by atoms with Crippen LogP contribution in [0.2, 0.25) is 0 Å². The van der Waals surface area contributed by atoms with Crippen molar-refractivity contribution >= 4 is 28.9 Å². The lowest BCUT2D eigenvalue weighted by molar-refractivity contribution is 0.0734. The molecule has 0 aliphatic carbocycles. The van der Waals surface area contributed by atoms with Crippen molar-refractivity contribution < 1.29 is 19.1 Å². The molecule has 0 bridgehead atoms. The maximum absolute atomic E-state index is 12.8. The van der Waals surface area contributed by atoms with E-state index in [9.17, 15) is 9.59 Å². The maximum atomic E-state index is 12.8. The molecule has 0 atom stereocenters. The van der Waals surface area contributed by atoms with Crippen LogP contribution < -0.4 is 14.9 Å². The van der Waals surface area contributed by atoms with Crippen molar-refractivity contribution in [2.45, 2.75) is 13.8 Å². The molecule has 6 heteroatoms. The van der Waals surface area contributed by atoms with Gasteiger partial charge >= 0.3 is 5.97 Å². The highest BCUT2D eigenvalue weighted by atomic mass is 16.5. The van der Waals surface area contributed by atoms with E-state index in [2.05, 4.69) is 10.5 Å². The summed E-state index contributed by atoms with van der Waals surface area (Å²) in [6, 6.07) is 25.4. The molecule has 0 heterocycles. The van der Waals surface area contributed by atoms with E-state index in [0.29, 0.717) is 34.8 Å². The van der Waals surface area contributed by atoms with Gasteiger partial charge in [-0.15, -0.1) is 0 Å². The normalized spacial score (nSPS) is 10.9. The molecule has 0 aliphatic heterocycles. The number of carbonyl (C=O) groups is 2. The zero-order chi connectivity index (χ0) is 23.9. The number of hydrogen-bond acceptors (Lipinski definition) is 5. The van der Waals surface area contributed by atoms with Crippen molar-refractivity contribution in [3.05, 3.63) is 107 Å². The summed E-state index contributed by atoms with van der Waals surface area (Å²) in [7, 11) is 0. The second kappa shape index (κ2) is 10.4. The molecule has 0 aromatic heterocycles. The van der Waals surface area contributed by atoms with Gasteiger partial charge in [0.1, 0.15) is 11.5 Å². The highest BCUT2D eigenvalue weighted by molar-refractivity contribution is 6.04. The molecule has 1 N–H and O–H groups in total. The smallest absolute Gasteiger partial charge is 0.343 e. The third kappa shape index (κ3) is 5.13. The molecule has 0 saturated carbocycles. The highest BCUT2D eigenvalue weighted by Gasteiger charge is 2.15. The summed E-state index contributed by atoms with van der Waals surface area (Å²) in [6.45, 7) is 4.21. The Morgan fingerprint density at radius 3 is 2.53 bits per heavy atom. The number of hydrogen-bond donors (Lipinski definition) is 1. The summed E-state index contributed by atoms with van der Waals surface area (Å²) >= 11 is 0. The lowest BCUT2D eigenvalue weighted by Gasteiger charge is -2.11. The Kier molecular flexibility index (Phi) is 6.98. The number of rotatable bonds is 7. The van der Waals surface area contributed by atoms with Crippen LogP contribution in [0.1, 0.15) is 38.8 Å². The second-order valence-corrected chi connectivity index (χ2v) is 7.59. The zero-order valence-corrected chi connectivity index (χ0v) is 18.9. The average Bonchev–Trinajstić information content (AvgIpc) is 2.85. The first kappa shape index (κ1) is 22.7. The molecular formula is C28H24N2O4. The molecular weight excluding hydrogens is 428 g/mol. The molecule has 4 rings (SSSR count). The Labute approximate surface area is 197 Å². The van der Waals surface area contributed by atoms with E-state index < -0.39 is 11.9 Å². The van der Waals surface area contributed by atoms with Gasteiger partial charge in [0, 0.05) is 5.56 Å². The predicted octanol–water partition coefficient (Wildman–Crippen LogP) is 5.53. The number of nitrogens with zero attached hydrogens (tertiary/aromatic N) is 1. The maximum Gasteiger partial charge on any atom is 0.343 e. The largest absolute Gasteiger partial charge is 0.493 e. The van der Waals surface area contributed by atoms with Crippen LogP contribution in [0.3, 0.4) is 0 Å². The van der Waals surface area contributed by atoms with Crippen LogP contribution in [0.25, 0.3) is 10.8 Å². The Morgan fingerprint density at radius 2 is 1.71 bits per heavy atom. The second-order valence-electron chi connectivity index (χ2n) is 7.59. The van der Waals surface area contributed by atoms with Gasteiger partial charge in [-0.1, -0.05) is 60.2 Å². The van der Waals surface area contributed by atoms with E-state index in [0.717, 1.165) is 16.3 Å². The summed E-state index contributed by atoms with van der Waals surface area (Å²) in [4.78, 5) is 25.5. The van der Waals surface area contributed by atoms with Crippen LogP contribution in [-0.2, 0) is 0 Å². The number of amides is 1. The first-order valence-corrected chi connectivity index (χ1v) is 10.9. The van der Waals surface area contributed by atoms with Crippen LogP contribution in [0, 0.1) is 6.92 Å². The van der Waals surface area contributed by atoms with Gasteiger partial charge in [0.2, 0.25) is 0 Å². The molecule has 0 unspecified atom stereocenters. The molecule has 0 aliphatic rings. The fourth-order valence-corrected chi connectivity index (χ4v) is 3.58. The molecule has 0 spiro atoms. The van der Waals surface area contributed by atoms with Crippen molar-refractivity contribution in [1.29, 1.82) is 0 Å². The highest BCUT2D eigenvalue weighted by Crippen LogP contribution is 2.27. The van der Waals surface area contributed by atoms with Gasteiger partial charge in [0.15, 0.2) is 0 Å². The standard InChI is InChI=1S/C28H24N2O4/c1-3-33-25-14-7-6-13-23(25)27(31)30-29-18-24-22-12-5-4-10-20(22)15-16-26(24)34-28(32)21-11-8-9-19(2)17-21/h4-18H,3H2,1-2H3,(H,30,31)/b29-18+. The summed E-state index contributed by atoms with van der Waals surface area (Å²) in [5, 5.41) is 5.94. The lowest BCUT2D eigenvalue weighted by atomic mass is 10.0. The van der Waals surface area contributed by atoms with E-state index in [1.54, 1.807) is 42.5 Å². The number of nitrogens with one attached hydrogen (secondary N) is 1. The van der Waals surface area contributed by atoms with Gasteiger partial charge in [-0.2, -0.15) is 5.10 Å². The molecule has 0 radical (unpaired) electrons. The van der Waals surface area contributed by atoms with Gasteiger partial charge in [-0.3, -0.25) is 4.79 Å². The van der Waals surface area contributed by atoms with Crippen LogP contribution in [0.4, 0.5) is 0 Å². The zero-order valence-electron chi connectivity index (χ0n) is 18.9. The van der Waals surface area contributed by atoms with Crippen LogP contribution in [0.15, 0.2) is 90.0 Å². The SMILES string of the molecule is CCOc1ccccc1C(=O)N/N=C/c1c(OC(=O)c2cccc(C)c2)ccc2ccccc12. The minimum atomic E-state index is -0.469. The monoisotopic (exact) mass is 452 g/mol. The summed E-state index contributed by atoms with van der Waals surface area (Å²) in [6.07, 6.45) is 1.49. The predicted molar refractivity (Wildman–Crippen MR) is 133 cm³/mol. The van der Waals surface area contributed by atoms with E-state index in [-0.39, 0.29) is 0 Å². The molecule has 34 heavy (non-hydrogen) atoms. The third-order valence-corrected chi connectivity index (χ3v) is 5.18. The minimum absolute atomic E-state index is 0.345. The minimum Gasteiger partial charge on any atom is -0.493 e. The number of aryl methyl sites for hydroxylation is 1. The quantitative estimate of drug-likeness (QED) is 0.173. The molecule has 0 fully saturated rings. The van der Waals surface area contributed by atoms with Gasteiger partial charge in [0.25, 0.3) is 5.91 Å². The van der Waals surface area contributed by atoms with Crippen LogP contribution >= 0.6 is 0 Å². The van der Waals surface area contributed by atoms with Gasteiger partial charge in [-0.05, 0) is 55.0 Å². The van der Waals surface area contributed by atoms with Crippen molar-refractivity contribution in [2.24, 2.45) is 5.10 Å². The molecule has 0 saturated heterocycles. The fraction of sp³-hybridized carbons (Fsp3) is 0.107. The topological polar surface area (TPSA) is 77.0 Å². The fourth-order valence-electron chi connectivity index (χ4n) is 3.58. The van der Waals surface area contributed by atoms with E-state index >= 15 is 0 Å². The van der Waals surface area contributed by atoms with E-state index in [1.165, 1.54) is 6.21 Å². The van der Waals surface area contributed by atoms with Crippen LogP contribution in [0.5, 0.6) is 11.5 Å². The number of hydrazone groups is 1. The van der Waals surface area contributed by atoms with Crippen molar-refractivity contribution in [2.75, 3.05) is 6.61 Å². The average molecular weight is 453 g/mol. The van der Waals surface area contributed by atoms with Crippen molar-refractivity contribution in [3.8, 4) is 11.5 Å². The summed E-state index contributed by atoms with van der Waals surface area (Å²) in [5.41, 5.74) is 4.92. The molecule has 4 aromatic rings. The Bertz CT molecular complexity index is 1380.